The lowest BCUT2D eigenvalue weighted by Crippen LogP contribution is -2.01. The van der Waals surface area contributed by atoms with Gasteiger partial charge in [-0.05, 0) is 24.3 Å². The van der Waals surface area contributed by atoms with Gasteiger partial charge >= 0.3 is 0 Å². The van der Waals surface area contributed by atoms with Crippen molar-refractivity contribution in [2.75, 3.05) is 25.3 Å². The Labute approximate surface area is 116 Å². The maximum absolute atomic E-state index is 5.85. The predicted octanol–water partition coefficient (Wildman–Crippen LogP) is 3.08. The highest BCUT2D eigenvalue weighted by molar-refractivity contribution is 6.29. The minimum Gasteiger partial charge on any atom is -0.497 e. The van der Waals surface area contributed by atoms with Crippen LogP contribution in [0, 0.1) is 0 Å². The van der Waals surface area contributed by atoms with E-state index in [0.717, 1.165) is 0 Å². The van der Waals surface area contributed by atoms with Crippen molar-refractivity contribution in [2.45, 2.75) is 0 Å². The molecule has 0 fully saturated rings. The first-order chi connectivity index (χ1) is 9.13. The third-order valence-corrected chi connectivity index (χ3v) is 2.76. The van der Waals surface area contributed by atoms with Gasteiger partial charge in [-0.25, -0.2) is 4.98 Å². The Balaban J connectivity index is 2.38. The SMILES string of the molecule is COc1ccc(OC)c(Nc2nc(Cl)ccc2N)c1. The number of halogens is 1. The van der Waals surface area contributed by atoms with Crippen molar-refractivity contribution in [2.24, 2.45) is 0 Å². The topological polar surface area (TPSA) is 69.4 Å². The Bertz CT molecular complexity index is 590. The number of nitrogens with two attached hydrogens (primary N) is 1. The number of hydrogen-bond donors (Lipinski definition) is 2. The van der Waals surface area contributed by atoms with E-state index in [9.17, 15) is 0 Å². The number of ether oxygens (including phenoxy) is 2. The minimum absolute atomic E-state index is 0.360. The van der Waals surface area contributed by atoms with Gasteiger partial charge in [-0.3, -0.25) is 0 Å². The number of rotatable bonds is 4. The van der Waals surface area contributed by atoms with Gasteiger partial charge in [0.15, 0.2) is 5.82 Å². The lowest BCUT2D eigenvalue weighted by Gasteiger charge is -2.13. The number of aromatic nitrogens is 1. The first-order valence-electron chi connectivity index (χ1n) is 5.55. The zero-order valence-corrected chi connectivity index (χ0v) is 11.4. The van der Waals surface area contributed by atoms with Crippen LogP contribution in [0.2, 0.25) is 5.15 Å². The van der Waals surface area contributed by atoms with E-state index in [1.165, 1.54) is 0 Å². The summed E-state index contributed by atoms with van der Waals surface area (Å²) in [5.41, 5.74) is 7.04. The molecule has 2 aromatic rings. The average molecular weight is 280 g/mol. The van der Waals surface area contributed by atoms with E-state index in [0.29, 0.717) is 33.8 Å². The van der Waals surface area contributed by atoms with Crippen LogP contribution in [0.1, 0.15) is 0 Å². The van der Waals surface area contributed by atoms with Crippen LogP contribution >= 0.6 is 11.6 Å². The molecule has 0 radical (unpaired) electrons. The first kappa shape index (κ1) is 13.3. The smallest absolute Gasteiger partial charge is 0.155 e. The fraction of sp³-hybridized carbons (Fsp3) is 0.154. The van der Waals surface area contributed by atoms with Gasteiger partial charge in [-0.15, -0.1) is 0 Å². The third kappa shape index (κ3) is 3.00. The molecule has 0 saturated carbocycles. The van der Waals surface area contributed by atoms with Crippen LogP contribution in [0.15, 0.2) is 30.3 Å². The molecule has 0 amide bonds. The summed E-state index contributed by atoms with van der Waals surface area (Å²) in [5.74, 6) is 1.82. The number of nitrogens with zero attached hydrogens (tertiary/aromatic N) is 1. The van der Waals surface area contributed by atoms with Crippen LogP contribution in [-0.2, 0) is 0 Å². The largest absolute Gasteiger partial charge is 0.497 e. The van der Waals surface area contributed by atoms with Crippen LogP contribution in [0.4, 0.5) is 17.2 Å². The van der Waals surface area contributed by atoms with E-state index < -0.39 is 0 Å². The lowest BCUT2D eigenvalue weighted by molar-refractivity contribution is 0.405. The molecule has 0 bridgehead atoms. The third-order valence-electron chi connectivity index (χ3n) is 2.55. The van der Waals surface area contributed by atoms with E-state index >= 15 is 0 Å². The van der Waals surface area contributed by atoms with Crippen LogP contribution in [0.5, 0.6) is 11.5 Å². The van der Waals surface area contributed by atoms with Gasteiger partial charge in [0.1, 0.15) is 16.7 Å². The molecule has 1 aromatic heterocycles. The number of nitrogen functional groups attached to an aromatic ring is 1. The maximum atomic E-state index is 5.85. The molecule has 3 N–H and O–H groups in total. The monoisotopic (exact) mass is 279 g/mol. The Morgan fingerprint density at radius 2 is 1.95 bits per heavy atom. The zero-order chi connectivity index (χ0) is 13.8. The highest BCUT2D eigenvalue weighted by atomic mass is 35.5. The molecule has 0 saturated heterocycles. The number of hydrogen-bond acceptors (Lipinski definition) is 5. The number of benzene rings is 1. The molecule has 0 spiro atoms. The Hall–Kier alpha value is -2.14. The second-order valence-corrected chi connectivity index (χ2v) is 4.15. The summed E-state index contributed by atoms with van der Waals surface area (Å²) in [4.78, 5) is 4.13. The van der Waals surface area contributed by atoms with Crippen molar-refractivity contribution in [1.29, 1.82) is 0 Å². The van der Waals surface area contributed by atoms with Crippen molar-refractivity contribution >= 4 is 28.8 Å². The van der Waals surface area contributed by atoms with Gasteiger partial charge in [-0.1, -0.05) is 11.6 Å². The standard InChI is InChI=1S/C13H14ClN3O2/c1-18-8-3-5-11(19-2)10(7-8)16-13-9(15)4-6-12(14)17-13/h3-7H,15H2,1-2H3,(H,16,17). The molecule has 100 valence electrons. The summed E-state index contributed by atoms with van der Waals surface area (Å²) < 4.78 is 10.4. The summed E-state index contributed by atoms with van der Waals surface area (Å²) in [6.07, 6.45) is 0. The number of methoxy groups -OCH3 is 2. The van der Waals surface area contributed by atoms with Crippen molar-refractivity contribution in [3.63, 3.8) is 0 Å². The Morgan fingerprint density at radius 1 is 1.16 bits per heavy atom. The summed E-state index contributed by atoms with van der Waals surface area (Å²) in [5, 5.41) is 3.44. The van der Waals surface area contributed by atoms with Crippen molar-refractivity contribution in [3.8, 4) is 11.5 Å². The van der Waals surface area contributed by atoms with Crippen molar-refractivity contribution in [3.05, 3.63) is 35.5 Å². The van der Waals surface area contributed by atoms with Crippen LogP contribution in [0.3, 0.4) is 0 Å². The van der Waals surface area contributed by atoms with Crippen LogP contribution in [0.25, 0.3) is 0 Å². The summed E-state index contributed by atoms with van der Waals surface area (Å²) in [6.45, 7) is 0. The summed E-state index contributed by atoms with van der Waals surface area (Å²) in [7, 11) is 3.18. The average Bonchev–Trinajstić information content (AvgIpc) is 2.42. The van der Waals surface area contributed by atoms with E-state index in [-0.39, 0.29) is 0 Å². The fourth-order valence-electron chi connectivity index (χ4n) is 1.59. The molecule has 19 heavy (non-hydrogen) atoms. The normalized spacial score (nSPS) is 10.1. The summed E-state index contributed by atoms with van der Waals surface area (Å²) >= 11 is 5.85. The molecule has 0 aliphatic carbocycles. The molecule has 5 nitrogen and oxygen atoms in total. The number of nitrogens with one attached hydrogen (secondary N) is 1. The quantitative estimate of drug-likeness (QED) is 0.842. The number of anilines is 3. The molecular formula is C13H14ClN3O2. The van der Waals surface area contributed by atoms with Crippen LogP contribution < -0.4 is 20.5 Å². The molecule has 2 rings (SSSR count). The predicted molar refractivity (Wildman–Crippen MR) is 76.5 cm³/mol. The van der Waals surface area contributed by atoms with Gasteiger partial charge in [0.2, 0.25) is 0 Å². The van der Waals surface area contributed by atoms with Gasteiger partial charge in [0.05, 0.1) is 25.6 Å². The van der Waals surface area contributed by atoms with E-state index in [1.807, 2.05) is 0 Å². The highest BCUT2D eigenvalue weighted by Crippen LogP contribution is 2.32. The number of pyridine rings is 1. The molecule has 6 heteroatoms. The molecule has 0 aliphatic rings. The lowest BCUT2D eigenvalue weighted by atomic mass is 10.2. The van der Waals surface area contributed by atoms with E-state index in [4.69, 9.17) is 26.8 Å². The molecule has 0 atom stereocenters. The maximum Gasteiger partial charge on any atom is 0.155 e. The zero-order valence-electron chi connectivity index (χ0n) is 10.6. The minimum atomic E-state index is 0.360. The fourth-order valence-corrected chi connectivity index (χ4v) is 1.73. The van der Waals surface area contributed by atoms with Crippen molar-refractivity contribution in [1.82, 2.24) is 4.98 Å². The van der Waals surface area contributed by atoms with Gasteiger partial charge < -0.3 is 20.5 Å². The molecule has 1 heterocycles. The van der Waals surface area contributed by atoms with E-state index in [1.54, 1.807) is 44.6 Å². The molecule has 0 aliphatic heterocycles. The first-order valence-corrected chi connectivity index (χ1v) is 5.93. The van der Waals surface area contributed by atoms with Gasteiger partial charge in [0.25, 0.3) is 0 Å². The van der Waals surface area contributed by atoms with Gasteiger partial charge in [0, 0.05) is 6.07 Å². The molecular weight excluding hydrogens is 266 g/mol. The molecule has 0 unspecified atom stereocenters. The Kier molecular flexibility index (Phi) is 3.97. The Morgan fingerprint density at radius 3 is 2.63 bits per heavy atom. The highest BCUT2D eigenvalue weighted by Gasteiger charge is 2.08. The second kappa shape index (κ2) is 5.67. The van der Waals surface area contributed by atoms with Gasteiger partial charge in [-0.2, -0.15) is 0 Å². The van der Waals surface area contributed by atoms with E-state index in [2.05, 4.69) is 10.3 Å². The van der Waals surface area contributed by atoms with Crippen LogP contribution in [-0.4, -0.2) is 19.2 Å². The summed E-state index contributed by atoms with van der Waals surface area (Å²) in [6, 6.07) is 8.71. The molecule has 1 aromatic carbocycles. The second-order valence-electron chi connectivity index (χ2n) is 3.76. The van der Waals surface area contributed by atoms with Crippen molar-refractivity contribution < 1.29 is 9.47 Å².